The Hall–Kier alpha value is -2.33. The van der Waals surface area contributed by atoms with E-state index in [0.717, 1.165) is 24.1 Å². The van der Waals surface area contributed by atoms with Crippen LogP contribution in [-0.2, 0) is 0 Å². The highest BCUT2D eigenvalue weighted by Gasteiger charge is 2.09. The van der Waals surface area contributed by atoms with E-state index in [2.05, 4.69) is 17.2 Å². The van der Waals surface area contributed by atoms with E-state index in [1.54, 1.807) is 0 Å². The number of fused-ring (bicyclic) bond motifs is 2. The molecule has 0 amide bonds. The van der Waals surface area contributed by atoms with Crippen molar-refractivity contribution in [3.8, 4) is 5.75 Å². The summed E-state index contributed by atoms with van der Waals surface area (Å²) in [4.78, 5) is 16.0. The number of benzene rings is 2. The van der Waals surface area contributed by atoms with E-state index in [-0.39, 0.29) is 5.43 Å². The van der Waals surface area contributed by atoms with Gasteiger partial charge in [-0.3, -0.25) is 4.79 Å². The van der Waals surface area contributed by atoms with Gasteiger partial charge >= 0.3 is 0 Å². The summed E-state index contributed by atoms with van der Waals surface area (Å²) in [5.41, 5.74) is 1.66. The van der Waals surface area contributed by atoms with Crippen LogP contribution in [0, 0.1) is 0 Å². The number of likely N-dealkylation sites (N-methyl/N-ethyl adjacent to an activating group) is 1. The predicted octanol–water partition coefficient (Wildman–Crippen LogP) is 2.67. The molecule has 1 aromatic heterocycles. The number of para-hydroxylation sites is 1. The van der Waals surface area contributed by atoms with Crippen LogP contribution in [-0.4, -0.2) is 24.7 Å². The first-order valence-corrected chi connectivity index (χ1v) is 7.18. The predicted molar refractivity (Wildman–Crippen MR) is 86.1 cm³/mol. The van der Waals surface area contributed by atoms with Gasteiger partial charge in [-0.2, -0.15) is 0 Å². The summed E-state index contributed by atoms with van der Waals surface area (Å²) in [5, 5.41) is 4.51. The second kappa shape index (κ2) is 5.97. The molecular formula is C17H18N2O2. The maximum absolute atomic E-state index is 12.7. The Bertz CT molecular complexity index is 824. The van der Waals surface area contributed by atoms with Gasteiger partial charge in [0.15, 0.2) is 0 Å². The number of H-pyrrole nitrogens is 1. The fourth-order valence-corrected chi connectivity index (χ4v) is 2.47. The number of hydrogen-bond acceptors (Lipinski definition) is 3. The minimum Gasteiger partial charge on any atom is -0.491 e. The quantitative estimate of drug-likeness (QED) is 0.559. The van der Waals surface area contributed by atoms with Gasteiger partial charge in [-0.1, -0.05) is 25.1 Å². The van der Waals surface area contributed by atoms with Gasteiger partial charge in [0.05, 0.1) is 10.9 Å². The molecule has 0 radical (unpaired) electrons. The van der Waals surface area contributed by atoms with Crippen LogP contribution in [0.2, 0.25) is 0 Å². The van der Waals surface area contributed by atoms with Crippen LogP contribution in [0.5, 0.6) is 5.75 Å². The van der Waals surface area contributed by atoms with Crippen LogP contribution in [0.3, 0.4) is 0 Å². The van der Waals surface area contributed by atoms with Crippen molar-refractivity contribution in [2.45, 2.75) is 6.92 Å². The number of hydrogen-bond donors (Lipinski definition) is 2. The zero-order valence-electron chi connectivity index (χ0n) is 12.0. The van der Waals surface area contributed by atoms with E-state index in [4.69, 9.17) is 4.74 Å². The molecule has 4 heteroatoms. The maximum atomic E-state index is 12.7. The van der Waals surface area contributed by atoms with Gasteiger partial charge in [0.25, 0.3) is 0 Å². The molecule has 0 atom stereocenters. The van der Waals surface area contributed by atoms with Crippen LogP contribution in [0.25, 0.3) is 21.8 Å². The molecule has 0 spiro atoms. The van der Waals surface area contributed by atoms with Crippen LogP contribution < -0.4 is 15.5 Å². The molecule has 3 rings (SSSR count). The van der Waals surface area contributed by atoms with E-state index in [9.17, 15) is 4.79 Å². The number of pyridine rings is 1. The van der Waals surface area contributed by atoms with Crippen molar-refractivity contribution in [1.29, 1.82) is 0 Å². The first-order chi connectivity index (χ1) is 10.3. The van der Waals surface area contributed by atoms with Gasteiger partial charge in [0.1, 0.15) is 12.4 Å². The lowest BCUT2D eigenvalue weighted by Gasteiger charge is -2.10. The Morgan fingerprint density at radius 1 is 1.10 bits per heavy atom. The van der Waals surface area contributed by atoms with E-state index in [1.807, 2.05) is 42.5 Å². The number of aromatic amines is 1. The molecule has 21 heavy (non-hydrogen) atoms. The van der Waals surface area contributed by atoms with Crippen LogP contribution >= 0.6 is 0 Å². The topological polar surface area (TPSA) is 54.1 Å². The molecule has 108 valence electrons. The van der Waals surface area contributed by atoms with Gasteiger partial charge in [-0.05, 0) is 30.8 Å². The monoisotopic (exact) mass is 282 g/mol. The first kappa shape index (κ1) is 13.6. The van der Waals surface area contributed by atoms with E-state index >= 15 is 0 Å². The van der Waals surface area contributed by atoms with Crippen molar-refractivity contribution in [2.24, 2.45) is 0 Å². The third kappa shape index (κ3) is 2.62. The summed E-state index contributed by atoms with van der Waals surface area (Å²) >= 11 is 0. The van der Waals surface area contributed by atoms with Crippen LogP contribution in [0.1, 0.15) is 6.92 Å². The van der Waals surface area contributed by atoms with Crippen molar-refractivity contribution in [2.75, 3.05) is 19.7 Å². The zero-order chi connectivity index (χ0) is 14.7. The molecule has 0 aliphatic rings. The molecule has 0 unspecified atom stereocenters. The Morgan fingerprint density at radius 2 is 1.90 bits per heavy atom. The summed E-state index contributed by atoms with van der Waals surface area (Å²) < 4.78 is 5.77. The summed E-state index contributed by atoms with van der Waals surface area (Å²) in [6.45, 7) is 4.26. The average Bonchev–Trinajstić information content (AvgIpc) is 2.52. The van der Waals surface area contributed by atoms with Gasteiger partial charge in [-0.15, -0.1) is 0 Å². The second-order valence-electron chi connectivity index (χ2n) is 4.88. The van der Waals surface area contributed by atoms with E-state index in [0.29, 0.717) is 23.1 Å². The fourth-order valence-electron chi connectivity index (χ4n) is 2.47. The van der Waals surface area contributed by atoms with Crippen molar-refractivity contribution in [3.63, 3.8) is 0 Å². The van der Waals surface area contributed by atoms with Gasteiger partial charge in [-0.25, -0.2) is 0 Å². The SMILES string of the molecule is CCNCCOc1cccc2[nH]c3ccccc3c(=O)c12. The third-order valence-electron chi connectivity index (χ3n) is 3.48. The standard InChI is InChI=1S/C17H18N2O2/c1-2-18-10-11-21-15-9-5-8-14-16(15)17(20)12-6-3-4-7-13(12)19-14/h3-9,18H,2,10-11H2,1H3,(H,19,20). The molecular weight excluding hydrogens is 264 g/mol. The highest BCUT2D eigenvalue weighted by Crippen LogP contribution is 2.23. The van der Waals surface area contributed by atoms with Crippen LogP contribution in [0.15, 0.2) is 47.3 Å². The number of nitrogens with one attached hydrogen (secondary N) is 2. The number of ether oxygens (including phenoxy) is 1. The molecule has 1 heterocycles. The fraction of sp³-hybridized carbons (Fsp3) is 0.235. The smallest absolute Gasteiger partial charge is 0.200 e. The molecule has 4 nitrogen and oxygen atoms in total. The minimum absolute atomic E-state index is 0.0124. The Kier molecular flexibility index (Phi) is 3.88. The van der Waals surface area contributed by atoms with Crippen LogP contribution in [0.4, 0.5) is 0 Å². The molecule has 2 aromatic carbocycles. The van der Waals surface area contributed by atoms with Gasteiger partial charge in [0.2, 0.25) is 5.43 Å². The average molecular weight is 282 g/mol. The van der Waals surface area contributed by atoms with Gasteiger partial charge < -0.3 is 15.0 Å². The number of aromatic nitrogens is 1. The van der Waals surface area contributed by atoms with E-state index in [1.165, 1.54) is 0 Å². The molecule has 3 aromatic rings. The lowest BCUT2D eigenvalue weighted by Crippen LogP contribution is -2.20. The van der Waals surface area contributed by atoms with Crippen molar-refractivity contribution in [3.05, 3.63) is 52.7 Å². The second-order valence-corrected chi connectivity index (χ2v) is 4.88. The highest BCUT2D eigenvalue weighted by atomic mass is 16.5. The molecule has 0 bridgehead atoms. The summed E-state index contributed by atoms with van der Waals surface area (Å²) in [6, 6.07) is 13.2. The largest absolute Gasteiger partial charge is 0.491 e. The normalized spacial score (nSPS) is 11.1. The maximum Gasteiger partial charge on any atom is 0.200 e. The Labute approximate surface area is 122 Å². The summed E-state index contributed by atoms with van der Waals surface area (Å²) in [5.74, 6) is 0.636. The summed E-state index contributed by atoms with van der Waals surface area (Å²) in [6.07, 6.45) is 0. The molecule has 0 aliphatic carbocycles. The number of rotatable bonds is 5. The van der Waals surface area contributed by atoms with Crippen molar-refractivity contribution < 1.29 is 4.74 Å². The molecule has 0 aliphatic heterocycles. The highest BCUT2D eigenvalue weighted by molar-refractivity contribution is 5.95. The third-order valence-corrected chi connectivity index (χ3v) is 3.48. The first-order valence-electron chi connectivity index (χ1n) is 7.18. The Morgan fingerprint density at radius 3 is 2.76 bits per heavy atom. The van der Waals surface area contributed by atoms with Crippen molar-refractivity contribution in [1.82, 2.24) is 10.3 Å². The minimum atomic E-state index is 0.0124. The van der Waals surface area contributed by atoms with E-state index < -0.39 is 0 Å². The zero-order valence-corrected chi connectivity index (χ0v) is 12.0. The molecule has 0 fully saturated rings. The molecule has 2 N–H and O–H groups in total. The van der Waals surface area contributed by atoms with Crippen molar-refractivity contribution >= 4 is 21.8 Å². The molecule has 0 saturated heterocycles. The van der Waals surface area contributed by atoms with Gasteiger partial charge in [0, 0.05) is 17.4 Å². The lowest BCUT2D eigenvalue weighted by atomic mass is 10.1. The Balaban J connectivity index is 2.09. The summed E-state index contributed by atoms with van der Waals surface area (Å²) in [7, 11) is 0. The molecule has 0 saturated carbocycles. The lowest BCUT2D eigenvalue weighted by molar-refractivity contribution is 0.319.